The van der Waals surface area contributed by atoms with Gasteiger partial charge in [0.15, 0.2) is 11.4 Å². The molecule has 132 valence electrons. The van der Waals surface area contributed by atoms with Gasteiger partial charge >= 0.3 is 11.9 Å². The first kappa shape index (κ1) is 18.3. The Balaban J connectivity index is 2.16. The number of hydrogen-bond donors (Lipinski definition) is 1. The Hall–Kier alpha value is -3.09. The number of rotatable bonds is 8. The van der Waals surface area contributed by atoms with Crippen LogP contribution in [-0.4, -0.2) is 35.2 Å². The van der Waals surface area contributed by atoms with Gasteiger partial charge in [0.05, 0.1) is 18.8 Å². The van der Waals surface area contributed by atoms with Gasteiger partial charge in [0.25, 0.3) is 0 Å². The monoisotopic (exact) mass is 345 g/mol. The molecule has 0 saturated heterocycles. The number of esters is 1. The maximum Gasteiger partial charge on any atom is 0.358 e. The van der Waals surface area contributed by atoms with E-state index in [-0.39, 0.29) is 30.2 Å². The Labute approximate surface area is 145 Å². The van der Waals surface area contributed by atoms with E-state index in [4.69, 9.17) is 14.2 Å². The Kier molecular flexibility index (Phi) is 6.33. The van der Waals surface area contributed by atoms with Crippen molar-refractivity contribution >= 4 is 11.9 Å². The van der Waals surface area contributed by atoms with Gasteiger partial charge in [-0.15, -0.1) is 0 Å². The van der Waals surface area contributed by atoms with Crippen molar-refractivity contribution in [2.24, 2.45) is 0 Å². The first-order valence-corrected chi connectivity index (χ1v) is 7.80. The molecule has 0 unspecified atom stereocenters. The Morgan fingerprint density at radius 1 is 1.08 bits per heavy atom. The molecule has 0 saturated carbocycles. The van der Waals surface area contributed by atoms with Gasteiger partial charge < -0.3 is 19.3 Å². The molecule has 1 aromatic carbocycles. The summed E-state index contributed by atoms with van der Waals surface area (Å²) in [4.78, 5) is 26.8. The predicted molar refractivity (Wildman–Crippen MR) is 89.1 cm³/mol. The number of carboxylic acids is 1. The molecule has 0 bridgehead atoms. The zero-order chi connectivity index (χ0) is 18.2. The van der Waals surface area contributed by atoms with Gasteiger partial charge in [-0.2, -0.15) is 0 Å². The van der Waals surface area contributed by atoms with Gasteiger partial charge in [0.2, 0.25) is 0 Å². The molecule has 1 N–H and O–H groups in total. The van der Waals surface area contributed by atoms with Crippen LogP contribution in [0, 0.1) is 0 Å². The summed E-state index contributed by atoms with van der Waals surface area (Å²) in [7, 11) is 0. The highest BCUT2D eigenvalue weighted by atomic mass is 16.5. The van der Waals surface area contributed by atoms with Crippen LogP contribution >= 0.6 is 0 Å². The summed E-state index contributed by atoms with van der Waals surface area (Å²) in [6, 6.07) is 8.55. The number of carbonyl (C=O) groups excluding carboxylic acids is 1. The maximum absolute atomic E-state index is 11.8. The van der Waals surface area contributed by atoms with Crippen LogP contribution < -0.4 is 9.47 Å². The molecule has 1 aromatic heterocycles. The largest absolute Gasteiger partial charge is 0.494 e. The van der Waals surface area contributed by atoms with Crippen molar-refractivity contribution in [3.05, 3.63) is 53.3 Å². The van der Waals surface area contributed by atoms with Gasteiger partial charge in [-0.25, -0.2) is 14.6 Å². The van der Waals surface area contributed by atoms with Crippen LogP contribution in [0.2, 0.25) is 0 Å². The quantitative estimate of drug-likeness (QED) is 0.735. The van der Waals surface area contributed by atoms with E-state index in [1.54, 1.807) is 19.1 Å². The van der Waals surface area contributed by atoms with Gasteiger partial charge in [0, 0.05) is 6.20 Å². The van der Waals surface area contributed by atoms with Crippen LogP contribution in [0.25, 0.3) is 0 Å². The summed E-state index contributed by atoms with van der Waals surface area (Å²) in [5.41, 5.74) is 0.689. The van der Waals surface area contributed by atoms with Crippen LogP contribution in [0.5, 0.6) is 11.5 Å². The maximum atomic E-state index is 11.8. The number of pyridine rings is 1. The molecule has 2 aromatic rings. The molecule has 0 spiro atoms. The number of ether oxygens (including phenoxy) is 3. The number of aromatic nitrogens is 1. The molecule has 0 radical (unpaired) electrons. The SMILES string of the molecule is CCOC(=O)c1cnc(C(=O)O)c(OCc2ccc(OCC)cc2)c1. The minimum absolute atomic E-state index is 0.00642. The van der Waals surface area contributed by atoms with Crippen LogP contribution in [0.3, 0.4) is 0 Å². The van der Waals surface area contributed by atoms with Crippen molar-refractivity contribution in [2.45, 2.75) is 20.5 Å². The lowest BCUT2D eigenvalue weighted by Crippen LogP contribution is -2.10. The van der Waals surface area contributed by atoms with Crippen molar-refractivity contribution < 1.29 is 28.9 Å². The lowest BCUT2D eigenvalue weighted by Gasteiger charge is -2.11. The Morgan fingerprint density at radius 2 is 1.80 bits per heavy atom. The van der Waals surface area contributed by atoms with E-state index < -0.39 is 11.9 Å². The van der Waals surface area contributed by atoms with Crippen LogP contribution in [0.4, 0.5) is 0 Å². The average molecular weight is 345 g/mol. The van der Waals surface area contributed by atoms with E-state index in [0.29, 0.717) is 6.61 Å². The third-order valence-corrected chi connectivity index (χ3v) is 3.20. The summed E-state index contributed by atoms with van der Waals surface area (Å²) in [5.74, 6) is -1.08. The van der Waals surface area contributed by atoms with Gasteiger partial charge in [-0.1, -0.05) is 12.1 Å². The summed E-state index contributed by atoms with van der Waals surface area (Å²) < 4.78 is 15.8. The van der Waals surface area contributed by atoms with E-state index in [9.17, 15) is 14.7 Å². The zero-order valence-corrected chi connectivity index (χ0v) is 14.0. The van der Waals surface area contributed by atoms with Gasteiger partial charge in [0.1, 0.15) is 12.4 Å². The molecule has 0 fully saturated rings. The first-order chi connectivity index (χ1) is 12.0. The van der Waals surface area contributed by atoms with Crippen molar-refractivity contribution in [1.82, 2.24) is 4.98 Å². The van der Waals surface area contributed by atoms with E-state index in [1.807, 2.05) is 19.1 Å². The molecule has 7 heteroatoms. The van der Waals surface area contributed by atoms with Crippen LogP contribution in [0.15, 0.2) is 36.5 Å². The molecular weight excluding hydrogens is 326 g/mol. The summed E-state index contributed by atoms with van der Waals surface area (Å²) in [6.45, 7) is 4.49. The molecule has 0 aliphatic heterocycles. The lowest BCUT2D eigenvalue weighted by atomic mass is 10.2. The number of carboxylic acid groups (broad SMARTS) is 1. The molecule has 1 heterocycles. The second-order valence-corrected chi connectivity index (χ2v) is 4.96. The van der Waals surface area contributed by atoms with Crippen molar-refractivity contribution in [2.75, 3.05) is 13.2 Å². The third kappa shape index (κ3) is 4.94. The highest BCUT2D eigenvalue weighted by Crippen LogP contribution is 2.21. The minimum Gasteiger partial charge on any atom is -0.494 e. The van der Waals surface area contributed by atoms with Crippen molar-refractivity contribution in [3.63, 3.8) is 0 Å². The number of nitrogens with zero attached hydrogens (tertiary/aromatic N) is 1. The molecule has 0 aliphatic rings. The molecule has 2 rings (SSSR count). The smallest absolute Gasteiger partial charge is 0.358 e. The standard InChI is InChI=1S/C18H19NO6/c1-3-23-14-7-5-12(6-8-14)11-25-15-9-13(18(22)24-4-2)10-19-16(15)17(20)21/h5-10H,3-4,11H2,1-2H3,(H,20,21). The number of aromatic carboxylic acids is 1. The second kappa shape index (κ2) is 8.68. The zero-order valence-electron chi connectivity index (χ0n) is 14.0. The molecule has 25 heavy (non-hydrogen) atoms. The van der Waals surface area contributed by atoms with E-state index in [1.165, 1.54) is 6.07 Å². The molecule has 0 amide bonds. The Bertz CT molecular complexity index is 742. The van der Waals surface area contributed by atoms with E-state index >= 15 is 0 Å². The fraction of sp³-hybridized carbons (Fsp3) is 0.278. The minimum atomic E-state index is -1.24. The highest BCUT2D eigenvalue weighted by molar-refractivity contribution is 5.93. The van der Waals surface area contributed by atoms with Crippen LogP contribution in [-0.2, 0) is 11.3 Å². The van der Waals surface area contributed by atoms with Crippen molar-refractivity contribution in [1.29, 1.82) is 0 Å². The predicted octanol–water partition coefficient (Wildman–Crippen LogP) is 2.93. The molecule has 0 atom stereocenters. The summed E-state index contributed by atoms with van der Waals surface area (Å²) in [5, 5.41) is 9.22. The molecular formula is C18H19NO6. The lowest BCUT2D eigenvalue weighted by molar-refractivity contribution is 0.0523. The fourth-order valence-corrected chi connectivity index (χ4v) is 2.05. The summed E-state index contributed by atoms with van der Waals surface area (Å²) in [6.07, 6.45) is 1.16. The number of hydrogen-bond acceptors (Lipinski definition) is 6. The fourth-order valence-electron chi connectivity index (χ4n) is 2.05. The average Bonchev–Trinajstić information content (AvgIpc) is 2.61. The van der Waals surface area contributed by atoms with E-state index in [0.717, 1.165) is 17.5 Å². The number of benzene rings is 1. The molecule has 7 nitrogen and oxygen atoms in total. The Morgan fingerprint density at radius 3 is 2.40 bits per heavy atom. The highest BCUT2D eigenvalue weighted by Gasteiger charge is 2.17. The first-order valence-electron chi connectivity index (χ1n) is 7.80. The third-order valence-electron chi connectivity index (χ3n) is 3.20. The van der Waals surface area contributed by atoms with Crippen LogP contribution in [0.1, 0.15) is 40.3 Å². The van der Waals surface area contributed by atoms with Gasteiger partial charge in [-0.3, -0.25) is 0 Å². The normalized spacial score (nSPS) is 10.2. The topological polar surface area (TPSA) is 95.0 Å². The van der Waals surface area contributed by atoms with E-state index in [2.05, 4.69) is 4.98 Å². The van der Waals surface area contributed by atoms with Gasteiger partial charge in [-0.05, 0) is 37.6 Å². The summed E-state index contributed by atoms with van der Waals surface area (Å²) >= 11 is 0. The molecule has 0 aliphatic carbocycles. The van der Waals surface area contributed by atoms with Crippen molar-refractivity contribution in [3.8, 4) is 11.5 Å². The number of carbonyl (C=O) groups is 2. The second-order valence-electron chi connectivity index (χ2n) is 4.96.